The minimum atomic E-state index is -0.112. The number of rotatable bonds is 7. The molecule has 1 saturated heterocycles. The number of amides is 3. The fourth-order valence-corrected chi connectivity index (χ4v) is 4.24. The molecule has 0 radical (unpaired) electrons. The highest BCUT2D eigenvalue weighted by molar-refractivity contribution is 5.91. The Bertz CT molecular complexity index is 901. The van der Waals surface area contributed by atoms with E-state index >= 15 is 0 Å². The van der Waals surface area contributed by atoms with Gasteiger partial charge in [-0.05, 0) is 53.5 Å². The summed E-state index contributed by atoms with van der Waals surface area (Å²) in [6.07, 6.45) is 5.82. The SMILES string of the molecule is Nc1ccc(/C=C/C(=O)NCCC2C3CN(C(=O)NCc4ccccc4)CC23)cn1. The van der Waals surface area contributed by atoms with Crippen LogP contribution in [0.15, 0.2) is 54.7 Å². The summed E-state index contributed by atoms with van der Waals surface area (Å²) < 4.78 is 0. The number of nitrogens with one attached hydrogen (secondary N) is 2. The number of hydrogen-bond donors (Lipinski definition) is 3. The minimum absolute atomic E-state index is 0.0143. The molecule has 3 amide bonds. The highest BCUT2D eigenvalue weighted by atomic mass is 16.2. The van der Waals surface area contributed by atoms with E-state index in [1.54, 1.807) is 18.3 Å². The number of carbonyl (C=O) groups excluding carboxylic acids is 2. The van der Waals surface area contributed by atoms with Crippen LogP contribution in [0.4, 0.5) is 10.6 Å². The number of pyridine rings is 1. The van der Waals surface area contributed by atoms with E-state index in [1.807, 2.05) is 41.3 Å². The number of nitrogens with two attached hydrogens (primary N) is 1. The van der Waals surface area contributed by atoms with Gasteiger partial charge in [-0.1, -0.05) is 30.3 Å². The van der Waals surface area contributed by atoms with Gasteiger partial charge in [0.1, 0.15) is 5.82 Å². The fraction of sp³-hybridized carbons (Fsp3) is 0.348. The standard InChI is InChI=1S/C23H27N5O2/c24-21-8-6-17(12-26-21)7-9-22(29)25-11-10-18-19-14-28(15-20(18)19)23(30)27-13-16-4-2-1-3-5-16/h1-9,12,18-20H,10-11,13-15H2,(H2,24,26)(H,25,29)(H,27,30)/b9-7+. The first-order chi connectivity index (χ1) is 14.6. The first-order valence-corrected chi connectivity index (χ1v) is 10.3. The van der Waals surface area contributed by atoms with E-state index < -0.39 is 0 Å². The highest BCUT2D eigenvalue weighted by Crippen LogP contribution is 2.53. The van der Waals surface area contributed by atoms with Crippen molar-refractivity contribution in [2.24, 2.45) is 17.8 Å². The van der Waals surface area contributed by atoms with E-state index in [1.165, 1.54) is 6.08 Å². The third-order valence-corrected chi connectivity index (χ3v) is 5.96. The van der Waals surface area contributed by atoms with E-state index in [9.17, 15) is 9.59 Å². The van der Waals surface area contributed by atoms with Gasteiger partial charge in [-0.3, -0.25) is 4.79 Å². The number of nitrogens with zero attached hydrogens (tertiary/aromatic N) is 2. The molecule has 30 heavy (non-hydrogen) atoms. The topological polar surface area (TPSA) is 100 Å². The van der Waals surface area contributed by atoms with Gasteiger partial charge in [0.2, 0.25) is 5.91 Å². The maximum Gasteiger partial charge on any atom is 0.317 e. The van der Waals surface area contributed by atoms with Gasteiger partial charge in [-0.25, -0.2) is 9.78 Å². The zero-order chi connectivity index (χ0) is 20.9. The van der Waals surface area contributed by atoms with Gasteiger partial charge in [0, 0.05) is 38.5 Å². The molecule has 156 valence electrons. The molecule has 0 bridgehead atoms. The van der Waals surface area contributed by atoms with Gasteiger partial charge in [0.25, 0.3) is 0 Å². The summed E-state index contributed by atoms with van der Waals surface area (Å²) >= 11 is 0. The second-order valence-electron chi connectivity index (χ2n) is 7.97. The first-order valence-electron chi connectivity index (χ1n) is 10.3. The lowest BCUT2D eigenvalue weighted by atomic mass is 10.2. The maximum absolute atomic E-state index is 12.3. The zero-order valence-corrected chi connectivity index (χ0v) is 16.8. The van der Waals surface area contributed by atoms with Crippen molar-refractivity contribution in [2.75, 3.05) is 25.4 Å². The number of likely N-dealkylation sites (tertiary alicyclic amines) is 1. The maximum atomic E-state index is 12.3. The number of anilines is 1. The Hall–Kier alpha value is -3.35. The third-order valence-electron chi connectivity index (χ3n) is 5.96. The van der Waals surface area contributed by atoms with E-state index in [4.69, 9.17) is 5.73 Å². The average Bonchev–Trinajstić information content (AvgIpc) is 3.20. The monoisotopic (exact) mass is 405 g/mol. The smallest absolute Gasteiger partial charge is 0.317 e. The van der Waals surface area contributed by atoms with Crippen LogP contribution in [0, 0.1) is 17.8 Å². The van der Waals surface area contributed by atoms with Crippen LogP contribution in [-0.4, -0.2) is 41.5 Å². The molecule has 2 fully saturated rings. The van der Waals surface area contributed by atoms with Crippen molar-refractivity contribution in [1.82, 2.24) is 20.5 Å². The lowest BCUT2D eigenvalue weighted by Crippen LogP contribution is -2.39. The van der Waals surface area contributed by atoms with Gasteiger partial charge < -0.3 is 21.3 Å². The van der Waals surface area contributed by atoms with Crippen LogP contribution in [0.2, 0.25) is 0 Å². The number of hydrogen-bond acceptors (Lipinski definition) is 4. The molecule has 4 N–H and O–H groups in total. The second kappa shape index (κ2) is 8.98. The largest absolute Gasteiger partial charge is 0.384 e. The van der Waals surface area contributed by atoms with Gasteiger partial charge in [0.05, 0.1) is 0 Å². The molecule has 2 aromatic rings. The van der Waals surface area contributed by atoms with Crippen LogP contribution in [0.25, 0.3) is 6.08 Å². The lowest BCUT2D eigenvalue weighted by Gasteiger charge is -2.20. The molecular weight excluding hydrogens is 378 g/mol. The van der Waals surface area contributed by atoms with Crippen LogP contribution >= 0.6 is 0 Å². The van der Waals surface area contributed by atoms with Crippen molar-refractivity contribution in [3.05, 3.63) is 65.9 Å². The van der Waals surface area contributed by atoms with Crippen LogP contribution in [0.1, 0.15) is 17.5 Å². The minimum Gasteiger partial charge on any atom is -0.384 e. The third kappa shape index (κ3) is 4.97. The van der Waals surface area contributed by atoms with Crippen molar-refractivity contribution in [3.63, 3.8) is 0 Å². The molecule has 4 rings (SSSR count). The Kier molecular flexibility index (Phi) is 5.97. The van der Waals surface area contributed by atoms with Crippen molar-refractivity contribution in [3.8, 4) is 0 Å². The van der Waals surface area contributed by atoms with E-state index in [2.05, 4.69) is 15.6 Å². The Morgan fingerprint density at radius 2 is 1.87 bits per heavy atom. The Morgan fingerprint density at radius 1 is 1.10 bits per heavy atom. The van der Waals surface area contributed by atoms with Crippen molar-refractivity contribution >= 4 is 23.8 Å². The van der Waals surface area contributed by atoms with E-state index in [-0.39, 0.29) is 11.9 Å². The Morgan fingerprint density at radius 3 is 2.57 bits per heavy atom. The van der Waals surface area contributed by atoms with Crippen molar-refractivity contribution in [1.29, 1.82) is 0 Å². The van der Waals surface area contributed by atoms with Crippen molar-refractivity contribution < 1.29 is 9.59 Å². The normalized spacial score (nSPS) is 22.0. The summed E-state index contributed by atoms with van der Waals surface area (Å²) in [5.74, 6) is 2.09. The molecule has 1 aromatic heterocycles. The predicted octanol–water partition coefficient (Wildman–Crippen LogP) is 2.27. The number of urea groups is 1. The summed E-state index contributed by atoms with van der Waals surface area (Å²) in [7, 11) is 0. The van der Waals surface area contributed by atoms with Crippen molar-refractivity contribution in [2.45, 2.75) is 13.0 Å². The number of piperidine rings is 1. The summed E-state index contributed by atoms with van der Waals surface area (Å²) in [6.45, 7) is 2.84. The summed E-state index contributed by atoms with van der Waals surface area (Å²) in [6, 6.07) is 13.5. The lowest BCUT2D eigenvalue weighted by molar-refractivity contribution is -0.116. The molecule has 1 aliphatic carbocycles. The molecule has 2 aliphatic rings. The highest BCUT2D eigenvalue weighted by Gasteiger charge is 2.55. The molecule has 2 heterocycles. The number of fused-ring (bicyclic) bond motifs is 1. The van der Waals surface area contributed by atoms with Gasteiger partial charge in [-0.2, -0.15) is 0 Å². The first kappa shape index (κ1) is 19.9. The molecule has 1 aromatic carbocycles. The molecular formula is C23H27N5O2. The van der Waals surface area contributed by atoms with Gasteiger partial charge in [0.15, 0.2) is 0 Å². The quantitative estimate of drug-likeness (QED) is 0.615. The zero-order valence-electron chi connectivity index (χ0n) is 16.8. The predicted molar refractivity (Wildman–Crippen MR) is 116 cm³/mol. The second-order valence-corrected chi connectivity index (χ2v) is 7.97. The average molecular weight is 406 g/mol. The van der Waals surface area contributed by atoms with Crippen LogP contribution in [0.3, 0.4) is 0 Å². The number of carbonyl (C=O) groups is 2. The summed E-state index contributed by atoms with van der Waals surface area (Å²) in [4.78, 5) is 30.2. The van der Waals surface area contributed by atoms with Crippen LogP contribution < -0.4 is 16.4 Å². The van der Waals surface area contributed by atoms with Gasteiger partial charge >= 0.3 is 6.03 Å². The molecule has 0 spiro atoms. The summed E-state index contributed by atoms with van der Waals surface area (Å²) in [5.41, 5.74) is 7.48. The number of benzene rings is 1. The number of nitrogen functional groups attached to an aromatic ring is 1. The van der Waals surface area contributed by atoms with Crippen LogP contribution in [0.5, 0.6) is 0 Å². The van der Waals surface area contributed by atoms with E-state index in [0.717, 1.165) is 30.6 Å². The molecule has 7 nitrogen and oxygen atoms in total. The fourth-order valence-electron chi connectivity index (χ4n) is 4.24. The molecule has 1 saturated carbocycles. The van der Waals surface area contributed by atoms with Gasteiger partial charge in [-0.15, -0.1) is 0 Å². The summed E-state index contributed by atoms with van der Waals surface area (Å²) in [5, 5.41) is 5.93. The molecule has 2 atom stereocenters. The Labute approximate surface area is 176 Å². The van der Waals surface area contributed by atoms with E-state index in [0.29, 0.717) is 36.7 Å². The van der Waals surface area contributed by atoms with Crippen LogP contribution in [-0.2, 0) is 11.3 Å². The molecule has 1 aliphatic heterocycles. The number of aromatic nitrogens is 1. The molecule has 2 unspecified atom stereocenters. The Balaban J connectivity index is 1.12. The molecule has 7 heteroatoms.